The van der Waals surface area contributed by atoms with Crippen molar-refractivity contribution in [1.82, 2.24) is 4.90 Å². The maximum Gasteiger partial charge on any atom is 0.307 e. The van der Waals surface area contributed by atoms with Crippen molar-refractivity contribution in [2.75, 3.05) is 7.05 Å². The van der Waals surface area contributed by atoms with Crippen molar-refractivity contribution in [3.8, 4) is 0 Å². The first-order chi connectivity index (χ1) is 9.52. The second-order valence-corrected chi connectivity index (χ2v) is 5.62. The average molecular weight is 279 g/mol. The third-order valence-electron chi connectivity index (χ3n) is 4.25. The van der Waals surface area contributed by atoms with Gasteiger partial charge in [0.25, 0.3) is 0 Å². The van der Waals surface area contributed by atoms with Crippen LogP contribution < -0.4 is 0 Å². The van der Waals surface area contributed by atoms with Gasteiger partial charge in [0.15, 0.2) is 0 Å². The Hall–Kier alpha value is -1.78. The summed E-state index contributed by atoms with van der Waals surface area (Å²) in [4.78, 5) is 25.4. The number of nitrogens with zero attached hydrogens (tertiary/aromatic N) is 1. The lowest BCUT2D eigenvalue weighted by Gasteiger charge is -2.23. The molecule has 1 aliphatic rings. The van der Waals surface area contributed by atoms with Crippen LogP contribution in [-0.2, 0) is 16.1 Å². The molecule has 5 heteroatoms. The summed E-state index contributed by atoms with van der Waals surface area (Å²) >= 11 is 0. The Morgan fingerprint density at radius 1 is 1.40 bits per heavy atom. The van der Waals surface area contributed by atoms with Crippen molar-refractivity contribution >= 4 is 11.9 Å². The molecule has 110 valence electrons. The predicted octanol–water partition coefficient (Wildman–Crippen LogP) is 2.38. The van der Waals surface area contributed by atoms with Gasteiger partial charge in [-0.1, -0.05) is 13.3 Å². The fraction of sp³-hybridized carbons (Fsp3) is 0.600. The van der Waals surface area contributed by atoms with E-state index in [1.54, 1.807) is 24.5 Å². The fourth-order valence-electron chi connectivity index (χ4n) is 3.04. The van der Waals surface area contributed by atoms with E-state index in [0.29, 0.717) is 25.3 Å². The Kier molecular flexibility index (Phi) is 4.47. The molecule has 1 fully saturated rings. The van der Waals surface area contributed by atoms with E-state index in [4.69, 9.17) is 4.42 Å². The standard InChI is InChI=1S/C15H21NO4/c1-3-10-6-12(13(7-10)15(18)19)14(17)16(2)8-11-4-5-20-9-11/h4-5,9-10,12-13H,3,6-8H2,1-2H3,(H,18,19)/t10?,12-,13+/m0/s1. The summed E-state index contributed by atoms with van der Waals surface area (Å²) in [7, 11) is 1.72. The smallest absolute Gasteiger partial charge is 0.307 e. The number of carboxylic acids is 1. The summed E-state index contributed by atoms with van der Waals surface area (Å²) in [6, 6.07) is 1.81. The molecule has 0 spiro atoms. The molecule has 1 aromatic rings. The van der Waals surface area contributed by atoms with E-state index >= 15 is 0 Å². The van der Waals surface area contributed by atoms with Gasteiger partial charge in [0, 0.05) is 19.2 Å². The van der Waals surface area contributed by atoms with Gasteiger partial charge in [-0.25, -0.2) is 0 Å². The molecule has 5 nitrogen and oxygen atoms in total. The van der Waals surface area contributed by atoms with Crippen LogP contribution >= 0.6 is 0 Å². The summed E-state index contributed by atoms with van der Waals surface area (Å²) < 4.78 is 4.98. The van der Waals surface area contributed by atoms with Crippen LogP contribution in [0.25, 0.3) is 0 Å². The summed E-state index contributed by atoms with van der Waals surface area (Å²) in [6.07, 6.45) is 5.39. The van der Waals surface area contributed by atoms with Crippen molar-refractivity contribution in [3.63, 3.8) is 0 Å². The molecule has 1 N–H and O–H groups in total. The number of carboxylic acid groups (broad SMARTS) is 1. The molecule has 1 aromatic heterocycles. The molecule has 20 heavy (non-hydrogen) atoms. The Morgan fingerprint density at radius 2 is 2.10 bits per heavy atom. The summed E-state index contributed by atoms with van der Waals surface area (Å²) in [5, 5.41) is 9.30. The van der Waals surface area contributed by atoms with E-state index in [0.717, 1.165) is 12.0 Å². The number of furan rings is 1. The molecule has 1 aliphatic carbocycles. The third-order valence-corrected chi connectivity index (χ3v) is 4.25. The SMILES string of the molecule is CCC1C[C@H](C(=O)N(C)Cc2ccoc2)[C@H](C(=O)O)C1. The highest BCUT2D eigenvalue weighted by atomic mass is 16.4. The molecule has 0 aromatic carbocycles. The van der Waals surface area contributed by atoms with Crippen LogP contribution in [-0.4, -0.2) is 28.9 Å². The number of aliphatic carboxylic acids is 1. The zero-order valence-corrected chi connectivity index (χ0v) is 11.9. The van der Waals surface area contributed by atoms with Gasteiger partial charge in [0.05, 0.1) is 24.4 Å². The van der Waals surface area contributed by atoms with Crippen molar-refractivity contribution in [3.05, 3.63) is 24.2 Å². The minimum Gasteiger partial charge on any atom is -0.481 e. The number of carbonyl (C=O) groups is 2. The summed E-state index contributed by atoms with van der Waals surface area (Å²) in [5.74, 6) is -1.52. The van der Waals surface area contributed by atoms with E-state index in [2.05, 4.69) is 0 Å². The molecule has 1 heterocycles. The van der Waals surface area contributed by atoms with Gasteiger partial charge in [-0.3, -0.25) is 9.59 Å². The van der Waals surface area contributed by atoms with E-state index in [1.807, 2.05) is 13.0 Å². The van der Waals surface area contributed by atoms with Crippen molar-refractivity contribution < 1.29 is 19.1 Å². The van der Waals surface area contributed by atoms with Crippen molar-refractivity contribution in [2.24, 2.45) is 17.8 Å². The van der Waals surface area contributed by atoms with E-state index in [-0.39, 0.29) is 5.91 Å². The van der Waals surface area contributed by atoms with Crippen molar-refractivity contribution in [1.29, 1.82) is 0 Å². The van der Waals surface area contributed by atoms with E-state index < -0.39 is 17.8 Å². The van der Waals surface area contributed by atoms with E-state index in [9.17, 15) is 14.7 Å². The van der Waals surface area contributed by atoms with Gasteiger partial charge in [-0.2, -0.15) is 0 Å². The first-order valence-corrected chi connectivity index (χ1v) is 7.01. The largest absolute Gasteiger partial charge is 0.481 e. The van der Waals surface area contributed by atoms with Gasteiger partial charge in [0.2, 0.25) is 5.91 Å². The van der Waals surface area contributed by atoms with Crippen molar-refractivity contribution in [2.45, 2.75) is 32.7 Å². The molecular formula is C15H21NO4. The van der Waals surface area contributed by atoms with Gasteiger partial charge in [-0.15, -0.1) is 0 Å². The van der Waals surface area contributed by atoms with Gasteiger partial charge in [0.1, 0.15) is 0 Å². The summed E-state index contributed by atoms with van der Waals surface area (Å²) in [6.45, 7) is 2.50. The Balaban J connectivity index is 2.04. The normalized spacial score (nSPS) is 25.6. The number of rotatable bonds is 5. The van der Waals surface area contributed by atoms with Gasteiger partial charge < -0.3 is 14.4 Å². The second-order valence-electron chi connectivity index (χ2n) is 5.62. The number of amides is 1. The lowest BCUT2D eigenvalue weighted by atomic mass is 9.95. The fourth-order valence-corrected chi connectivity index (χ4v) is 3.04. The predicted molar refractivity (Wildman–Crippen MR) is 72.8 cm³/mol. The molecule has 0 saturated heterocycles. The molecular weight excluding hydrogens is 258 g/mol. The zero-order chi connectivity index (χ0) is 14.7. The van der Waals surface area contributed by atoms with Crippen LogP contribution in [0.2, 0.25) is 0 Å². The first-order valence-electron chi connectivity index (χ1n) is 7.01. The molecule has 1 saturated carbocycles. The highest BCUT2D eigenvalue weighted by molar-refractivity contribution is 5.85. The highest BCUT2D eigenvalue weighted by Gasteiger charge is 2.43. The number of hydrogen-bond acceptors (Lipinski definition) is 3. The van der Waals surface area contributed by atoms with Crippen LogP contribution in [0.5, 0.6) is 0 Å². The first kappa shape index (κ1) is 14.6. The highest BCUT2D eigenvalue weighted by Crippen LogP contribution is 2.39. The zero-order valence-electron chi connectivity index (χ0n) is 11.9. The van der Waals surface area contributed by atoms with E-state index in [1.165, 1.54) is 0 Å². The molecule has 1 amide bonds. The van der Waals surface area contributed by atoms with Gasteiger partial charge >= 0.3 is 5.97 Å². The maximum atomic E-state index is 12.5. The van der Waals surface area contributed by atoms with Crippen LogP contribution in [0.3, 0.4) is 0 Å². The molecule has 0 aliphatic heterocycles. The molecule has 1 unspecified atom stereocenters. The minimum atomic E-state index is -0.851. The van der Waals surface area contributed by atoms with Crippen LogP contribution in [0.4, 0.5) is 0 Å². The number of hydrogen-bond donors (Lipinski definition) is 1. The summed E-state index contributed by atoms with van der Waals surface area (Å²) in [5.41, 5.74) is 0.915. The van der Waals surface area contributed by atoms with Crippen LogP contribution in [0.15, 0.2) is 23.0 Å². The molecule has 0 radical (unpaired) electrons. The monoisotopic (exact) mass is 279 g/mol. The molecule has 3 atom stereocenters. The third kappa shape index (κ3) is 3.03. The van der Waals surface area contributed by atoms with Crippen LogP contribution in [0.1, 0.15) is 31.7 Å². The number of carbonyl (C=O) groups excluding carboxylic acids is 1. The minimum absolute atomic E-state index is 0.0745. The Labute approximate surface area is 118 Å². The molecule has 0 bridgehead atoms. The van der Waals surface area contributed by atoms with Crippen LogP contribution in [0, 0.1) is 17.8 Å². The average Bonchev–Trinajstić information content (AvgIpc) is 3.06. The Bertz CT molecular complexity index is 468. The lowest BCUT2D eigenvalue weighted by Crippen LogP contribution is -2.36. The topological polar surface area (TPSA) is 70.8 Å². The second kappa shape index (κ2) is 6.11. The molecule has 2 rings (SSSR count). The Morgan fingerprint density at radius 3 is 2.65 bits per heavy atom. The van der Waals surface area contributed by atoms with Gasteiger partial charge in [-0.05, 0) is 24.8 Å². The lowest BCUT2D eigenvalue weighted by molar-refractivity contribution is -0.148. The maximum absolute atomic E-state index is 12.5. The quantitative estimate of drug-likeness (QED) is 0.898.